The zero-order chi connectivity index (χ0) is 22.9. The maximum Gasteiger partial charge on any atom is 0.305 e. The average Bonchev–Trinajstić information content (AvgIpc) is 3.12. The molecule has 1 aromatic carbocycles. The van der Waals surface area contributed by atoms with Crippen molar-refractivity contribution in [2.45, 2.75) is 37.4 Å². The molecule has 0 amide bonds. The molecule has 0 spiro atoms. The molecule has 0 bridgehead atoms. The number of carboxylic acids is 1. The zero-order valence-corrected chi connectivity index (χ0v) is 20.0. The molecular formula is C21H27NO6S3. The summed E-state index contributed by atoms with van der Waals surface area (Å²) >= 11 is 1.26. The Labute approximate surface area is 187 Å². The van der Waals surface area contributed by atoms with E-state index in [1.54, 1.807) is 6.07 Å². The van der Waals surface area contributed by atoms with Crippen LogP contribution in [0, 0.1) is 0 Å². The second-order valence-electron chi connectivity index (χ2n) is 7.91. The lowest BCUT2D eigenvalue weighted by molar-refractivity contribution is -0.137. The monoisotopic (exact) mass is 485 g/mol. The third-order valence-electron chi connectivity index (χ3n) is 5.71. The van der Waals surface area contributed by atoms with Crippen molar-refractivity contribution in [1.29, 1.82) is 0 Å². The van der Waals surface area contributed by atoms with Crippen LogP contribution < -0.4 is 0 Å². The second kappa shape index (κ2) is 9.01. The number of hydrogen-bond donors (Lipinski definition) is 1. The number of aliphatic carboxylic acids is 1. The summed E-state index contributed by atoms with van der Waals surface area (Å²) in [7, 11) is -7.50. The van der Waals surface area contributed by atoms with E-state index in [1.165, 1.54) is 16.9 Å². The molecule has 0 aliphatic carbocycles. The van der Waals surface area contributed by atoms with Crippen LogP contribution in [0.5, 0.6) is 0 Å². The topological polar surface area (TPSA) is 109 Å². The van der Waals surface area contributed by atoms with Gasteiger partial charge in [-0.2, -0.15) is 0 Å². The summed E-state index contributed by atoms with van der Waals surface area (Å²) in [6.45, 7) is 1.91. The van der Waals surface area contributed by atoms with E-state index >= 15 is 0 Å². The Morgan fingerprint density at radius 2 is 1.84 bits per heavy atom. The van der Waals surface area contributed by atoms with Gasteiger partial charge in [-0.3, -0.25) is 4.79 Å². The maximum atomic E-state index is 13.3. The van der Waals surface area contributed by atoms with E-state index in [9.17, 15) is 26.7 Å². The van der Waals surface area contributed by atoms with Crippen molar-refractivity contribution < 1.29 is 26.7 Å². The Kier molecular flexibility index (Phi) is 6.95. The van der Waals surface area contributed by atoms with Gasteiger partial charge in [-0.15, -0.1) is 11.3 Å². The first kappa shape index (κ1) is 23.9. The molecule has 0 unspecified atom stereocenters. The van der Waals surface area contributed by atoms with Gasteiger partial charge in [0.2, 0.25) is 10.0 Å². The van der Waals surface area contributed by atoms with Gasteiger partial charge in [-0.1, -0.05) is 37.6 Å². The van der Waals surface area contributed by atoms with Gasteiger partial charge in [0.1, 0.15) is 4.75 Å². The third kappa shape index (κ3) is 5.02. The fraction of sp³-hybridized carbons (Fsp3) is 0.476. The normalized spacial score (nSPS) is 22.1. The molecule has 31 heavy (non-hydrogen) atoms. The summed E-state index contributed by atoms with van der Waals surface area (Å²) in [5.74, 6) is -1.64. The maximum absolute atomic E-state index is 13.3. The van der Waals surface area contributed by atoms with E-state index in [0.29, 0.717) is 4.88 Å². The minimum Gasteiger partial charge on any atom is -0.481 e. The van der Waals surface area contributed by atoms with Crippen molar-refractivity contribution in [3.05, 3.63) is 46.8 Å². The van der Waals surface area contributed by atoms with E-state index in [0.717, 1.165) is 33.8 Å². The molecule has 0 radical (unpaired) electrons. The highest BCUT2D eigenvalue weighted by atomic mass is 32.2. The lowest BCUT2D eigenvalue weighted by Gasteiger charge is -2.29. The van der Waals surface area contributed by atoms with Gasteiger partial charge in [0.15, 0.2) is 9.84 Å². The molecule has 3 rings (SSSR count). The Morgan fingerprint density at radius 1 is 1.16 bits per heavy atom. The molecule has 1 fully saturated rings. The van der Waals surface area contributed by atoms with Crippen molar-refractivity contribution in [3.8, 4) is 10.4 Å². The molecule has 1 saturated heterocycles. The van der Waals surface area contributed by atoms with Crippen LogP contribution in [0.25, 0.3) is 10.4 Å². The van der Waals surface area contributed by atoms with Crippen LogP contribution >= 0.6 is 11.3 Å². The van der Waals surface area contributed by atoms with Crippen LogP contribution in [0.3, 0.4) is 0 Å². The summed E-state index contributed by atoms with van der Waals surface area (Å²) in [5.41, 5.74) is 2.16. The number of carbonyl (C=O) groups is 1. The highest BCUT2D eigenvalue weighted by Crippen LogP contribution is 2.45. The highest BCUT2D eigenvalue weighted by Gasteiger charge is 2.50. The quantitative estimate of drug-likeness (QED) is 0.645. The second-order valence-corrected chi connectivity index (χ2v) is 13.4. The van der Waals surface area contributed by atoms with Gasteiger partial charge in [0.25, 0.3) is 0 Å². The van der Waals surface area contributed by atoms with Gasteiger partial charge in [-0.05, 0) is 36.1 Å². The summed E-state index contributed by atoms with van der Waals surface area (Å²) < 4.78 is 50.1. The van der Waals surface area contributed by atoms with Crippen molar-refractivity contribution in [2.75, 3.05) is 25.1 Å². The van der Waals surface area contributed by atoms with Gasteiger partial charge in [0, 0.05) is 22.8 Å². The number of sulfone groups is 1. The Hall–Kier alpha value is -1.75. The van der Waals surface area contributed by atoms with Gasteiger partial charge in [0.05, 0.1) is 18.4 Å². The molecule has 0 saturated carbocycles. The van der Waals surface area contributed by atoms with Crippen LogP contribution in [0.15, 0.2) is 36.4 Å². The molecule has 1 aliphatic heterocycles. The number of thiophene rings is 1. The number of benzene rings is 1. The predicted molar refractivity (Wildman–Crippen MR) is 123 cm³/mol. The standard InChI is InChI=1S/C21H27NO6S3/c1-3-4-16-5-7-17(8-6-16)18-9-10-19(29-18)21(15-20(23)24)11-12-22(30(2,25)26)13-14-31(21,27)28/h5-10H,3-4,11-15H2,1-2H3,(H,23,24)/t21-/m0/s1. The number of aryl methyl sites for hydroxylation is 1. The minimum atomic E-state index is -3.92. The number of hydrogen-bond acceptors (Lipinski definition) is 6. The molecular weight excluding hydrogens is 458 g/mol. The number of rotatable bonds is 7. The third-order valence-corrected chi connectivity index (χ3v) is 11.0. The first-order chi connectivity index (χ1) is 14.5. The van der Waals surface area contributed by atoms with E-state index in [1.807, 2.05) is 30.3 Å². The van der Waals surface area contributed by atoms with Crippen LogP contribution in [-0.2, 0) is 35.8 Å². The van der Waals surface area contributed by atoms with Crippen LogP contribution in [0.2, 0.25) is 0 Å². The lowest BCUT2D eigenvalue weighted by atomic mass is 9.98. The van der Waals surface area contributed by atoms with Gasteiger partial charge in [-0.25, -0.2) is 21.1 Å². The molecule has 10 heteroatoms. The van der Waals surface area contributed by atoms with E-state index in [-0.39, 0.29) is 19.5 Å². The Bertz CT molecular complexity index is 1150. The van der Waals surface area contributed by atoms with Crippen LogP contribution in [0.1, 0.15) is 36.6 Å². The Balaban J connectivity index is 2.03. The van der Waals surface area contributed by atoms with E-state index in [4.69, 9.17) is 0 Å². The summed E-state index contributed by atoms with van der Waals surface area (Å²) in [5, 5.41) is 9.56. The van der Waals surface area contributed by atoms with Crippen LogP contribution in [-0.4, -0.2) is 57.3 Å². The van der Waals surface area contributed by atoms with Crippen molar-refractivity contribution >= 4 is 37.2 Å². The van der Waals surface area contributed by atoms with Crippen molar-refractivity contribution in [3.63, 3.8) is 0 Å². The summed E-state index contributed by atoms with van der Waals surface area (Å²) in [6.07, 6.45) is 2.37. The molecule has 7 nitrogen and oxygen atoms in total. The SMILES string of the molecule is CCCc1ccc(-c2ccc([C@@]3(CC(=O)O)CCN(S(C)(=O)=O)CCS3(=O)=O)s2)cc1. The molecule has 170 valence electrons. The van der Waals surface area contributed by atoms with Gasteiger partial charge >= 0.3 is 5.97 Å². The Morgan fingerprint density at radius 3 is 2.42 bits per heavy atom. The zero-order valence-electron chi connectivity index (χ0n) is 17.6. The van der Waals surface area contributed by atoms with Crippen LogP contribution in [0.4, 0.5) is 0 Å². The summed E-state index contributed by atoms with van der Waals surface area (Å²) in [4.78, 5) is 13.0. The molecule has 1 atom stereocenters. The minimum absolute atomic E-state index is 0.0374. The lowest BCUT2D eigenvalue weighted by Crippen LogP contribution is -2.39. The van der Waals surface area contributed by atoms with E-state index in [2.05, 4.69) is 6.92 Å². The number of sulfonamides is 1. The fourth-order valence-corrected chi connectivity index (χ4v) is 8.55. The van der Waals surface area contributed by atoms with Crippen molar-refractivity contribution in [2.24, 2.45) is 0 Å². The largest absolute Gasteiger partial charge is 0.481 e. The number of carboxylic acid groups (broad SMARTS) is 1. The molecule has 1 aliphatic rings. The molecule has 1 aromatic heterocycles. The molecule has 1 N–H and O–H groups in total. The molecule has 2 heterocycles. The van der Waals surface area contributed by atoms with E-state index < -0.39 is 42.8 Å². The average molecular weight is 486 g/mol. The smallest absolute Gasteiger partial charge is 0.305 e. The molecule has 2 aromatic rings. The van der Waals surface area contributed by atoms with Crippen molar-refractivity contribution in [1.82, 2.24) is 4.31 Å². The first-order valence-corrected chi connectivity index (χ1v) is 14.4. The first-order valence-electron chi connectivity index (χ1n) is 10.1. The predicted octanol–water partition coefficient (Wildman–Crippen LogP) is 3.12. The number of nitrogens with zero attached hydrogens (tertiary/aromatic N) is 1. The summed E-state index contributed by atoms with van der Waals surface area (Å²) in [6, 6.07) is 11.5. The fourth-order valence-electron chi connectivity index (χ4n) is 3.99. The van der Waals surface area contributed by atoms with Gasteiger partial charge < -0.3 is 5.11 Å². The highest BCUT2D eigenvalue weighted by molar-refractivity contribution is 7.92.